The normalized spacial score (nSPS) is 19.9. The van der Waals surface area contributed by atoms with E-state index < -0.39 is 0 Å². The second-order valence-corrected chi connectivity index (χ2v) is 4.69. The average Bonchev–Trinajstić information content (AvgIpc) is 2.66. The molecule has 0 spiro atoms. The van der Waals surface area contributed by atoms with Crippen molar-refractivity contribution < 1.29 is 4.79 Å². The maximum absolute atomic E-state index is 11.8. The molecule has 1 aromatic carbocycles. The third-order valence-electron chi connectivity index (χ3n) is 3.21. The van der Waals surface area contributed by atoms with E-state index in [9.17, 15) is 4.79 Å². The summed E-state index contributed by atoms with van der Waals surface area (Å²) in [5, 5.41) is 9.27. The van der Waals surface area contributed by atoms with Gasteiger partial charge < -0.3 is 16.0 Å². The summed E-state index contributed by atoms with van der Waals surface area (Å²) >= 11 is 0. The number of nitrogens with one attached hydrogen (secondary N) is 3. The fraction of sp³-hybridized carbons (Fsp3) is 0.500. The molecule has 1 aliphatic rings. The van der Waals surface area contributed by atoms with Crippen LogP contribution in [-0.2, 0) is 6.54 Å². The Kier molecular flexibility index (Phi) is 5.02. The number of carbonyl (C=O) groups is 1. The first-order chi connectivity index (χ1) is 8.84. The molecule has 1 atom stereocenters. The SMILES string of the molecule is O=C(NCc1ccccc1)NC1CCCNCC1. The lowest BCUT2D eigenvalue weighted by Gasteiger charge is -2.16. The second kappa shape index (κ2) is 7.01. The van der Waals surface area contributed by atoms with Crippen LogP contribution in [0.4, 0.5) is 4.79 Å². The number of rotatable bonds is 3. The van der Waals surface area contributed by atoms with E-state index >= 15 is 0 Å². The van der Waals surface area contributed by atoms with Crippen LogP contribution < -0.4 is 16.0 Å². The molecular weight excluding hydrogens is 226 g/mol. The van der Waals surface area contributed by atoms with Crippen molar-refractivity contribution in [3.8, 4) is 0 Å². The molecule has 1 aromatic rings. The Labute approximate surface area is 108 Å². The lowest BCUT2D eigenvalue weighted by atomic mass is 10.1. The first-order valence-electron chi connectivity index (χ1n) is 6.63. The molecule has 1 fully saturated rings. The highest BCUT2D eigenvalue weighted by Gasteiger charge is 2.13. The quantitative estimate of drug-likeness (QED) is 0.760. The molecule has 1 saturated heterocycles. The minimum absolute atomic E-state index is 0.0641. The van der Waals surface area contributed by atoms with Gasteiger partial charge in [-0.15, -0.1) is 0 Å². The zero-order valence-corrected chi connectivity index (χ0v) is 10.6. The maximum atomic E-state index is 11.8. The Bertz CT molecular complexity index is 359. The minimum Gasteiger partial charge on any atom is -0.335 e. The van der Waals surface area contributed by atoms with E-state index in [1.54, 1.807) is 0 Å². The van der Waals surface area contributed by atoms with Crippen LogP contribution in [0.3, 0.4) is 0 Å². The number of urea groups is 1. The Balaban J connectivity index is 1.71. The van der Waals surface area contributed by atoms with E-state index in [-0.39, 0.29) is 6.03 Å². The molecule has 4 nitrogen and oxygen atoms in total. The summed E-state index contributed by atoms with van der Waals surface area (Å²) in [6, 6.07) is 10.2. The summed E-state index contributed by atoms with van der Waals surface area (Å²) < 4.78 is 0. The van der Waals surface area contributed by atoms with E-state index in [0.717, 1.165) is 37.9 Å². The number of carbonyl (C=O) groups excluding carboxylic acids is 1. The summed E-state index contributed by atoms with van der Waals surface area (Å²) in [6.07, 6.45) is 3.20. The van der Waals surface area contributed by atoms with Crippen molar-refractivity contribution in [2.45, 2.75) is 31.8 Å². The van der Waals surface area contributed by atoms with Gasteiger partial charge in [-0.05, 0) is 37.9 Å². The average molecular weight is 247 g/mol. The van der Waals surface area contributed by atoms with Crippen LogP contribution in [-0.4, -0.2) is 25.2 Å². The molecular formula is C14H21N3O. The summed E-state index contributed by atoms with van der Waals surface area (Å²) in [6.45, 7) is 2.63. The number of benzene rings is 1. The predicted molar refractivity (Wildman–Crippen MR) is 72.3 cm³/mol. The molecule has 0 aliphatic carbocycles. The van der Waals surface area contributed by atoms with Gasteiger partial charge in [0.25, 0.3) is 0 Å². The molecule has 1 aliphatic heterocycles. The summed E-state index contributed by atoms with van der Waals surface area (Å²) in [5.74, 6) is 0. The first kappa shape index (κ1) is 12.9. The molecule has 1 heterocycles. The van der Waals surface area contributed by atoms with Crippen LogP contribution >= 0.6 is 0 Å². The molecule has 0 bridgehead atoms. The van der Waals surface area contributed by atoms with Gasteiger partial charge in [0, 0.05) is 12.6 Å². The highest BCUT2D eigenvalue weighted by atomic mass is 16.2. The molecule has 0 saturated carbocycles. The number of amides is 2. The summed E-state index contributed by atoms with van der Waals surface area (Å²) in [5.41, 5.74) is 1.12. The molecule has 2 amide bonds. The van der Waals surface area contributed by atoms with Crippen molar-refractivity contribution in [2.75, 3.05) is 13.1 Å². The van der Waals surface area contributed by atoms with Crippen LogP contribution in [0.5, 0.6) is 0 Å². The summed E-state index contributed by atoms with van der Waals surface area (Å²) in [7, 11) is 0. The van der Waals surface area contributed by atoms with Crippen molar-refractivity contribution in [1.29, 1.82) is 0 Å². The summed E-state index contributed by atoms with van der Waals surface area (Å²) in [4.78, 5) is 11.8. The van der Waals surface area contributed by atoms with Crippen LogP contribution in [0.25, 0.3) is 0 Å². The highest BCUT2D eigenvalue weighted by molar-refractivity contribution is 5.74. The predicted octanol–water partition coefficient (Wildman–Crippen LogP) is 1.63. The third kappa shape index (κ3) is 4.37. The van der Waals surface area contributed by atoms with Gasteiger partial charge in [-0.25, -0.2) is 4.79 Å². The van der Waals surface area contributed by atoms with Crippen molar-refractivity contribution >= 4 is 6.03 Å². The minimum atomic E-state index is -0.0641. The number of hydrogen-bond acceptors (Lipinski definition) is 2. The fourth-order valence-corrected chi connectivity index (χ4v) is 2.18. The Morgan fingerprint density at radius 1 is 1.22 bits per heavy atom. The van der Waals surface area contributed by atoms with Crippen molar-refractivity contribution in [2.24, 2.45) is 0 Å². The lowest BCUT2D eigenvalue weighted by molar-refractivity contribution is 0.235. The van der Waals surface area contributed by atoms with E-state index in [4.69, 9.17) is 0 Å². The zero-order valence-electron chi connectivity index (χ0n) is 10.6. The molecule has 1 unspecified atom stereocenters. The van der Waals surface area contributed by atoms with Crippen LogP contribution in [0.2, 0.25) is 0 Å². The Hall–Kier alpha value is -1.55. The topological polar surface area (TPSA) is 53.2 Å². The van der Waals surface area contributed by atoms with Gasteiger partial charge in [-0.2, -0.15) is 0 Å². The Morgan fingerprint density at radius 2 is 2.06 bits per heavy atom. The zero-order chi connectivity index (χ0) is 12.6. The van der Waals surface area contributed by atoms with Gasteiger partial charge in [-0.1, -0.05) is 30.3 Å². The maximum Gasteiger partial charge on any atom is 0.315 e. The van der Waals surface area contributed by atoms with Gasteiger partial charge in [0.15, 0.2) is 0 Å². The molecule has 4 heteroatoms. The molecule has 0 radical (unpaired) electrons. The van der Waals surface area contributed by atoms with Gasteiger partial charge in [0.05, 0.1) is 0 Å². The van der Waals surface area contributed by atoms with Gasteiger partial charge in [0.2, 0.25) is 0 Å². The van der Waals surface area contributed by atoms with E-state index in [1.165, 1.54) is 0 Å². The van der Waals surface area contributed by atoms with E-state index in [0.29, 0.717) is 12.6 Å². The standard InChI is InChI=1S/C14H21N3O/c18-14(16-11-12-5-2-1-3-6-12)17-13-7-4-9-15-10-8-13/h1-3,5-6,13,15H,4,7-11H2,(H2,16,17,18). The first-order valence-corrected chi connectivity index (χ1v) is 6.63. The fourth-order valence-electron chi connectivity index (χ4n) is 2.18. The number of hydrogen-bond donors (Lipinski definition) is 3. The third-order valence-corrected chi connectivity index (χ3v) is 3.21. The lowest BCUT2D eigenvalue weighted by Crippen LogP contribution is -2.42. The molecule has 18 heavy (non-hydrogen) atoms. The van der Waals surface area contributed by atoms with E-state index in [2.05, 4.69) is 16.0 Å². The van der Waals surface area contributed by atoms with Crippen molar-refractivity contribution in [3.63, 3.8) is 0 Å². The van der Waals surface area contributed by atoms with Crippen molar-refractivity contribution in [1.82, 2.24) is 16.0 Å². The van der Waals surface area contributed by atoms with Gasteiger partial charge >= 0.3 is 6.03 Å². The Morgan fingerprint density at radius 3 is 2.89 bits per heavy atom. The largest absolute Gasteiger partial charge is 0.335 e. The van der Waals surface area contributed by atoms with Crippen LogP contribution in [0.1, 0.15) is 24.8 Å². The molecule has 98 valence electrons. The van der Waals surface area contributed by atoms with Crippen LogP contribution in [0, 0.1) is 0 Å². The van der Waals surface area contributed by atoms with Gasteiger partial charge in [-0.3, -0.25) is 0 Å². The van der Waals surface area contributed by atoms with Crippen molar-refractivity contribution in [3.05, 3.63) is 35.9 Å². The second-order valence-electron chi connectivity index (χ2n) is 4.69. The highest BCUT2D eigenvalue weighted by Crippen LogP contribution is 2.04. The molecule has 3 N–H and O–H groups in total. The van der Waals surface area contributed by atoms with Crippen LogP contribution in [0.15, 0.2) is 30.3 Å². The molecule has 0 aromatic heterocycles. The van der Waals surface area contributed by atoms with E-state index in [1.807, 2.05) is 30.3 Å². The molecule has 2 rings (SSSR count). The monoisotopic (exact) mass is 247 g/mol. The smallest absolute Gasteiger partial charge is 0.315 e. The van der Waals surface area contributed by atoms with Gasteiger partial charge in [0.1, 0.15) is 0 Å².